The van der Waals surface area contributed by atoms with Gasteiger partial charge in [0.2, 0.25) is 0 Å². The highest BCUT2D eigenvalue weighted by molar-refractivity contribution is 6.07. The van der Waals surface area contributed by atoms with Gasteiger partial charge < -0.3 is 9.30 Å². The normalized spacial score (nSPS) is 11.3. The number of aromatic nitrogens is 2. The van der Waals surface area contributed by atoms with E-state index in [0.29, 0.717) is 0 Å². The summed E-state index contributed by atoms with van der Waals surface area (Å²) in [5, 5.41) is 2.10. The highest BCUT2D eigenvalue weighted by atomic mass is 19.1. The highest BCUT2D eigenvalue weighted by Gasteiger charge is 2.15. The summed E-state index contributed by atoms with van der Waals surface area (Å²) in [5.74, 6) is 0.522. The third-order valence-electron chi connectivity index (χ3n) is 4.46. The van der Waals surface area contributed by atoms with Gasteiger partial charge in [0.15, 0.2) is 0 Å². The molecule has 0 N–H and O–H groups in total. The van der Waals surface area contributed by atoms with Crippen LogP contribution in [0.4, 0.5) is 4.39 Å². The average molecular weight is 320 g/mol. The second-order valence-electron chi connectivity index (χ2n) is 5.99. The fraction of sp³-hybridized carbons (Fsp3) is 0.150. The molecule has 0 aliphatic heterocycles. The van der Waals surface area contributed by atoms with Gasteiger partial charge in [-0.3, -0.25) is 4.98 Å². The van der Waals surface area contributed by atoms with Crippen molar-refractivity contribution in [1.29, 1.82) is 0 Å². The largest absolute Gasteiger partial charge is 0.494 e. The summed E-state index contributed by atoms with van der Waals surface area (Å²) in [7, 11) is 1.65. The lowest BCUT2D eigenvalue weighted by atomic mass is 10.1. The number of rotatable bonds is 2. The molecule has 0 fully saturated rings. The van der Waals surface area contributed by atoms with Crippen molar-refractivity contribution in [2.45, 2.75) is 13.8 Å². The first-order valence-electron chi connectivity index (χ1n) is 7.80. The van der Waals surface area contributed by atoms with Gasteiger partial charge in [-0.1, -0.05) is 12.1 Å². The van der Waals surface area contributed by atoms with Crippen molar-refractivity contribution in [1.82, 2.24) is 9.55 Å². The van der Waals surface area contributed by atoms with Gasteiger partial charge >= 0.3 is 0 Å². The zero-order valence-electron chi connectivity index (χ0n) is 13.8. The maximum atomic E-state index is 13.5. The van der Waals surface area contributed by atoms with E-state index in [1.54, 1.807) is 13.2 Å². The minimum Gasteiger partial charge on any atom is -0.494 e. The van der Waals surface area contributed by atoms with Crippen molar-refractivity contribution in [2.75, 3.05) is 7.11 Å². The first-order valence-corrected chi connectivity index (χ1v) is 7.80. The number of hydrogen-bond donors (Lipinski definition) is 0. The molecule has 24 heavy (non-hydrogen) atoms. The Balaban J connectivity index is 2.15. The van der Waals surface area contributed by atoms with Crippen LogP contribution in [0, 0.1) is 19.7 Å². The molecule has 0 saturated heterocycles. The average Bonchev–Trinajstić information content (AvgIpc) is 2.91. The van der Waals surface area contributed by atoms with Gasteiger partial charge in [0.05, 0.1) is 12.6 Å². The minimum absolute atomic E-state index is 0.224. The summed E-state index contributed by atoms with van der Waals surface area (Å²) in [6.07, 6.45) is 3.95. The van der Waals surface area contributed by atoms with Gasteiger partial charge in [0.25, 0.3) is 0 Å². The van der Waals surface area contributed by atoms with E-state index in [9.17, 15) is 4.39 Å². The molecule has 4 rings (SSSR count). The second-order valence-corrected chi connectivity index (χ2v) is 5.99. The molecule has 0 saturated carbocycles. The summed E-state index contributed by atoms with van der Waals surface area (Å²) in [5.41, 5.74) is 4.87. The molecule has 4 aromatic rings. The summed E-state index contributed by atoms with van der Waals surface area (Å²) >= 11 is 0. The van der Waals surface area contributed by atoms with E-state index in [4.69, 9.17) is 4.74 Å². The molecule has 3 nitrogen and oxygen atoms in total. The van der Waals surface area contributed by atoms with E-state index in [0.717, 1.165) is 44.4 Å². The van der Waals surface area contributed by atoms with Gasteiger partial charge in [-0.05, 0) is 49.2 Å². The molecule has 2 aromatic heterocycles. The van der Waals surface area contributed by atoms with Crippen LogP contribution < -0.4 is 4.74 Å². The number of benzene rings is 2. The van der Waals surface area contributed by atoms with E-state index in [-0.39, 0.29) is 5.82 Å². The molecule has 2 heterocycles. The lowest BCUT2D eigenvalue weighted by Crippen LogP contribution is -1.97. The molecule has 120 valence electrons. The SMILES string of the molecule is COc1cccc2c1ncc1c(C)cn(-c3ccc(F)cc3C)c12. The van der Waals surface area contributed by atoms with Crippen molar-refractivity contribution in [3.8, 4) is 11.4 Å². The van der Waals surface area contributed by atoms with E-state index < -0.39 is 0 Å². The highest BCUT2D eigenvalue weighted by Crippen LogP contribution is 2.34. The quantitative estimate of drug-likeness (QED) is 0.523. The van der Waals surface area contributed by atoms with Crippen LogP contribution in [0.2, 0.25) is 0 Å². The summed E-state index contributed by atoms with van der Waals surface area (Å²) < 4.78 is 21.1. The zero-order chi connectivity index (χ0) is 16.8. The van der Waals surface area contributed by atoms with Crippen molar-refractivity contribution < 1.29 is 9.13 Å². The second kappa shape index (κ2) is 5.34. The van der Waals surface area contributed by atoms with E-state index >= 15 is 0 Å². The molecule has 0 atom stereocenters. The Kier molecular flexibility index (Phi) is 3.27. The number of hydrogen-bond acceptors (Lipinski definition) is 2. The molecule has 0 radical (unpaired) electrons. The minimum atomic E-state index is -0.224. The lowest BCUT2D eigenvalue weighted by Gasteiger charge is -2.12. The van der Waals surface area contributed by atoms with E-state index in [1.165, 1.54) is 6.07 Å². The van der Waals surface area contributed by atoms with Gasteiger partial charge in [-0.2, -0.15) is 0 Å². The topological polar surface area (TPSA) is 27.1 Å². The molecule has 0 aliphatic rings. The Morgan fingerprint density at radius 2 is 1.88 bits per heavy atom. The van der Waals surface area contributed by atoms with Gasteiger partial charge in [-0.15, -0.1) is 0 Å². The Hall–Kier alpha value is -2.88. The Labute approximate surface area is 139 Å². The lowest BCUT2D eigenvalue weighted by molar-refractivity contribution is 0.419. The number of halogens is 1. The number of aryl methyl sites for hydroxylation is 2. The van der Waals surface area contributed by atoms with Crippen LogP contribution in [-0.4, -0.2) is 16.7 Å². The fourth-order valence-corrected chi connectivity index (χ4v) is 3.30. The van der Waals surface area contributed by atoms with Crippen LogP contribution >= 0.6 is 0 Å². The van der Waals surface area contributed by atoms with Crippen LogP contribution in [0.1, 0.15) is 11.1 Å². The number of para-hydroxylation sites is 1. The smallest absolute Gasteiger partial charge is 0.145 e. The van der Waals surface area contributed by atoms with Crippen molar-refractivity contribution in [3.05, 3.63) is 65.7 Å². The number of nitrogens with zero attached hydrogens (tertiary/aromatic N) is 2. The first-order chi connectivity index (χ1) is 11.6. The first kappa shape index (κ1) is 14.7. The predicted octanol–water partition coefficient (Wildman–Crippen LogP) is 4.94. The van der Waals surface area contributed by atoms with Gasteiger partial charge in [0, 0.05) is 28.9 Å². The molecule has 0 unspecified atom stereocenters. The summed E-state index contributed by atoms with van der Waals surface area (Å²) in [6.45, 7) is 3.98. The fourth-order valence-electron chi connectivity index (χ4n) is 3.30. The molecule has 2 aromatic carbocycles. The monoisotopic (exact) mass is 320 g/mol. The van der Waals surface area contributed by atoms with Crippen LogP contribution in [0.5, 0.6) is 5.75 Å². The Morgan fingerprint density at radius 3 is 2.62 bits per heavy atom. The number of fused-ring (bicyclic) bond motifs is 3. The van der Waals surface area contributed by atoms with Gasteiger partial charge in [-0.25, -0.2) is 4.39 Å². The molecule has 0 amide bonds. The van der Waals surface area contributed by atoms with Crippen LogP contribution in [0.25, 0.3) is 27.5 Å². The maximum absolute atomic E-state index is 13.5. The molecular weight excluding hydrogens is 303 g/mol. The number of pyridine rings is 1. The van der Waals surface area contributed by atoms with Gasteiger partial charge in [0.1, 0.15) is 17.1 Å². The molecule has 0 bridgehead atoms. The summed E-state index contributed by atoms with van der Waals surface area (Å²) in [4.78, 5) is 4.59. The Morgan fingerprint density at radius 1 is 1.04 bits per heavy atom. The van der Waals surface area contributed by atoms with E-state index in [2.05, 4.69) is 22.7 Å². The molecule has 0 aliphatic carbocycles. The van der Waals surface area contributed by atoms with Crippen molar-refractivity contribution in [2.24, 2.45) is 0 Å². The van der Waals surface area contributed by atoms with Crippen LogP contribution in [0.3, 0.4) is 0 Å². The standard InChI is InChI=1S/C20H17FN2O/c1-12-9-14(21)7-8-17(12)23-11-13(2)16-10-22-19-15(20(16)23)5-4-6-18(19)24-3/h4-11H,1-3H3. The maximum Gasteiger partial charge on any atom is 0.145 e. The van der Waals surface area contributed by atoms with Crippen LogP contribution in [-0.2, 0) is 0 Å². The van der Waals surface area contributed by atoms with E-state index in [1.807, 2.05) is 37.4 Å². The third kappa shape index (κ3) is 2.07. The van der Waals surface area contributed by atoms with Crippen molar-refractivity contribution in [3.63, 3.8) is 0 Å². The molecular formula is C20H17FN2O. The Bertz CT molecular complexity index is 1080. The van der Waals surface area contributed by atoms with Crippen molar-refractivity contribution >= 4 is 21.8 Å². The number of methoxy groups -OCH3 is 1. The molecule has 4 heteroatoms. The zero-order valence-corrected chi connectivity index (χ0v) is 13.8. The van der Waals surface area contributed by atoms with Crippen LogP contribution in [0.15, 0.2) is 48.8 Å². The number of ether oxygens (including phenoxy) is 1. The molecule has 0 spiro atoms. The third-order valence-corrected chi connectivity index (χ3v) is 4.46. The predicted molar refractivity (Wildman–Crippen MR) is 94.6 cm³/mol. The summed E-state index contributed by atoms with van der Waals surface area (Å²) in [6, 6.07) is 10.8.